The molecule has 0 aliphatic carbocycles. The van der Waals surface area contributed by atoms with Crippen molar-refractivity contribution in [3.63, 3.8) is 0 Å². The third-order valence-electron chi connectivity index (χ3n) is 2.36. The second-order valence-corrected chi connectivity index (χ2v) is 4.56. The Morgan fingerprint density at radius 3 is 2.87 bits per heavy atom. The van der Waals surface area contributed by atoms with Crippen LogP contribution in [-0.4, -0.2) is 17.0 Å². The van der Waals surface area contributed by atoms with Crippen molar-refractivity contribution in [2.24, 2.45) is 0 Å². The third kappa shape index (κ3) is 2.07. The molecule has 15 heavy (non-hydrogen) atoms. The first-order chi connectivity index (χ1) is 7.33. The number of nitrogens with zero attached hydrogens (tertiary/aromatic N) is 1. The number of hydrogen-bond donors (Lipinski definition) is 0. The summed E-state index contributed by atoms with van der Waals surface area (Å²) in [6.45, 7) is 3.73. The molecule has 0 spiro atoms. The van der Waals surface area contributed by atoms with Gasteiger partial charge in [-0.2, -0.15) is 0 Å². The SMILES string of the molecule is C=CCC1SCC(=O)N1c1ccccc1. The normalized spacial score (nSPS) is 20.7. The van der Waals surface area contributed by atoms with Gasteiger partial charge >= 0.3 is 0 Å². The minimum absolute atomic E-state index is 0.193. The summed E-state index contributed by atoms with van der Waals surface area (Å²) >= 11 is 1.68. The summed E-state index contributed by atoms with van der Waals surface area (Å²) in [4.78, 5) is 13.6. The molecule has 1 aromatic rings. The van der Waals surface area contributed by atoms with Crippen LogP contribution in [0.5, 0.6) is 0 Å². The minimum Gasteiger partial charge on any atom is -0.299 e. The van der Waals surface area contributed by atoms with Crippen molar-refractivity contribution >= 4 is 23.4 Å². The van der Waals surface area contributed by atoms with Gasteiger partial charge in [0, 0.05) is 5.69 Å². The van der Waals surface area contributed by atoms with E-state index in [1.807, 2.05) is 41.3 Å². The molecule has 0 aromatic heterocycles. The first-order valence-electron chi connectivity index (χ1n) is 4.92. The fourth-order valence-corrected chi connectivity index (χ4v) is 2.82. The van der Waals surface area contributed by atoms with E-state index in [-0.39, 0.29) is 11.3 Å². The highest BCUT2D eigenvalue weighted by Gasteiger charge is 2.31. The molecule has 0 bridgehead atoms. The van der Waals surface area contributed by atoms with Crippen LogP contribution in [0, 0.1) is 0 Å². The van der Waals surface area contributed by atoms with Crippen LogP contribution in [0.1, 0.15) is 6.42 Å². The molecule has 1 aromatic carbocycles. The molecule has 0 saturated carbocycles. The molecule has 1 saturated heterocycles. The molecule has 2 nitrogen and oxygen atoms in total. The summed E-state index contributed by atoms with van der Waals surface area (Å²) in [6, 6.07) is 9.81. The number of thioether (sulfide) groups is 1. The van der Waals surface area contributed by atoms with Crippen molar-refractivity contribution in [2.45, 2.75) is 11.8 Å². The molecule has 2 rings (SSSR count). The molecule has 1 heterocycles. The van der Waals surface area contributed by atoms with Gasteiger partial charge in [0.25, 0.3) is 0 Å². The Labute approximate surface area is 94.0 Å². The number of hydrogen-bond acceptors (Lipinski definition) is 2. The molecule has 0 N–H and O–H groups in total. The van der Waals surface area contributed by atoms with Crippen LogP contribution < -0.4 is 4.90 Å². The molecule has 78 valence electrons. The number of amides is 1. The summed E-state index contributed by atoms with van der Waals surface area (Å²) in [5, 5.41) is 0.220. The van der Waals surface area contributed by atoms with E-state index in [0.29, 0.717) is 5.75 Å². The van der Waals surface area contributed by atoms with Gasteiger partial charge < -0.3 is 0 Å². The Kier molecular flexibility index (Phi) is 3.11. The Morgan fingerprint density at radius 2 is 2.20 bits per heavy atom. The number of carbonyl (C=O) groups is 1. The van der Waals surface area contributed by atoms with Gasteiger partial charge in [0.05, 0.1) is 11.1 Å². The summed E-state index contributed by atoms with van der Waals surface area (Å²) in [5.41, 5.74) is 0.986. The van der Waals surface area contributed by atoms with Crippen molar-refractivity contribution < 1.29 is 4.79 Å². The molecule has 1 amide bonds. The van der Waals surface area contributed by atoms with Crippen molar-refractivity contribution in [3.05, 3.63) is 43.0 Å². The Morgan fingerprint density at radius 1 is 1.47 bits per heavy atom. The zero-order chi connectivity index (χ0) is 10.7. The van der Waals surface area contributed by atoms with Gasteiger partial charge in [-0.05, 0) is 18.6 Å². The lowest BCUT2D eigenvalue weighted by Gasteiger charge is -2.22. The van der Waals surface area contributed by atoms with Crippen LogP contribution in [0.2, 0.25) is 0 Å². The van der Waals surface area contributed by atoms with Crippen LogP contribution in [-0.2, 0) is 4.79 Å². The van der Waals surface area contributed by atoms with Crippen LogP contribution >= 0.6 is 11.8 Å². The van der Waals surface area contributed by atoms with Crippen molar-refractivity contribution in [1.29, 1.82) is 0 Å². The summed E-state index contributed by atoms with van der Waals surface area (Å²) in [7, 11) is 0. The number of benzene rings is 1. The van der Waals surface area contributed by atoms with Gasteiger partial charge in [-0.25, -0.2) is 0 Å². The predicted molar refractivity (Wildman–Crippen MR) is 65.0 cm³/mol. The molecular formula is C12H13NOS. The molecule has 1 aliphatic rings. The third-order valence-corrected chi connectivity index (χ3v) is 3.56. The van der Waals surface area contributed by atoms with Gasteiger partial charge in [-0.15, -0.1) is 18.3 Å². The average Bonchev–Trinajstić information content (AvgIpc) is 2.62. The highest BCUT2D eigenvalue weighted by Crippen LogP contribution is 2.32. The maximum Gasteiger partial charge on any atom is 0.238 e. The van der Waals surface area contributed by atoms with Crippen molar-refractivity contribution in [3.8, 4) is 0 Å². The molecular weight excluding hydrogens is 206 g/mol. The lowest BCUT2D eigenvalue weighted by molar-refractivity contribution is -0.115. The average molecular weight is 219 g/mol. The summed E-state index contributed by atoms with van der Waals surface area (Å²) in [6.07, 6.45) is 2.71. The van der Waals surface area contributed by atoms with Crippen molar-refractivity contribution in [1.82, 2.24) is 0 Å². The van der Waals surface area contributed by atoms with E-state index < -0.39 is 0 Å². The first kappa shape index (κ1) is 10.3. The lowest BCUT2D eigenvalue weighted by Crippen LogP contribution is -2.32. The highest BCUT2D eigenvalue weighted by atomic mass is 32.2. The van der Waals surface area contributed by atoms with Crippen LogP contribution in [0.15, 0.2) is 43.0 Å². The van der Waals surface area contributed by atoms with Gasteiger partial charge in [-0.1, -0.05) is 24.3 Å². The van der Waals surface area contributed by atoms with E-state index in [1.165, 1.54) is 0 Å². The summed E-state index contributed by atoms with van der Waals surface area (Å²) < 4.78 is 0. The monoisotopic (exact) mass is 219 g/mol. The zero-order valence-electron chi connectivity index (χ0n) is 8.43. The lowest BCUT2D eigenvalue weighted by atomic mass is 10.2. The van der Waals surface area contributed by atoms with Gasteiger partial charge in [0.1, 0.15) is 0 Å². The molecule has 1 atom stereocenters. The smallest absolute Gasteiger partial charge is 0.238 e. The van der Waals surface area contributed by atoms with E-state index in [4.69, 9.17) is 0 Å². The maximum atomic E-state index is 11.7. The Hall–Kier alpha value is -1.22. The van der Waals surface area contributed by atoms with Crippen molar-refractivity contribution in [2.75, 3.05) is 10.7 Å². The quantitative estimate of drug-likeness (QED) is 0.728. The second kappa shape index (κ2) is 4.53. The van der Waals surface area contributed by atoms with E-state index in [2.05, 4.69) is 6.58 Å². The first-order valence-corrected chi connectivity index (χ1v) is 5.97. The predicted octanol–water partition coefficient (Wildman–Crippen LogP) is 2.67. The van der Waals surface area contributed by atoms with Gasteiger partial charge in [0.15, 0.2) is 0 Å². The van der Waals surface area contributed by atoms with Crippen LogP contribution in [0.4, 0.5) is 5.69 Å². The van der Waals surface area contributed by atoms with Gasteiger partial charge in [-0.3, -0.25) is 9.69 Å². The second-order valence-electron chi connectivity index (χ2n) is 3.39. The maximum absolute atomic E-state index is 11.7. The Bertz CT molecular complexity index is 363. The fraction of sp³-hybridized carbons (Fsp3) is 0.250. The largest absolute Gasteiger partial charge is 0.299 e. The molecule has 0 radical (unpaired) electrons. The fourth-order valence-electron chi connectivity index (χ4n) is 1.69. The zero-order valence-corrected chi connectivity index (χ0v) is 9.24. The molecule has 1 unspecified atom stereocenters. The van der Waals surface area contributed by atoms with E-state index in [9.17, 15) is 4.79 Å². The molecule has 1 fully saturated rings. The molecule has 3 heteroatoms. The topological polar surface area (TPSA) is 20.3 Å². The van der Waals surface area contributed by atoms with E-state index in [0.717, 1.165) is 12.1 Å². The summed E-state index contributed by atoms with van der Waals surface area (Å²) in [5.74, 6) is 0.769. The van der Waals surface area contributed by atoms with Gasteiger partial charge in [0.2, 0.25) is 5.91 Å². The van der Waals surface area contributed by atoms with Crippen LogP contribution in [0.3, 0.4) is 0 Å². The standard InChI is InChI=1S/C12H13NOS/c1-2-6-12-13(11(14)9-15-12)10-7-4-3-5-8-10/h2-5,7-8,12H,1,6,9H2. The number of para-hydroxylation sites is 1. The highest BCUT2D eigenvalue weighted by molar-refractivity contribution is 8.01. The number of carbonyl (C=O) groups excluding carboxylic acids is 1. The number of anilines is 1. The number of rotatable bonds is 3. The molecule has 1 aliphatic heterocycles. The van der Waals surface area contributed by atoms with E-state index in [1.54, 1.807) is 11.8 Å². The van der Waals surface area contributed by atoms with Crippen LogP contribution in [0.25, 0.3) is 0 Å². The Balaban J connectivity index is 2.25. The van der Waals surface area contributed by atoms with E-state index >= 15 is 0 Å². The minimum atomic E-state index is 0.193.